The summed E-state index contributed by atoms with van der Waals surface area (Å²) in [6.45, 7) is 3.67. The Morgan fingerprint density at radius 1 is 0.552 bits per heavy atom. The van der Waals surface area contributed by atoms with E-state index in [0.29, 0.717) is 6.42 Å². The van der Waals surface area contributed by atoms with Crippen molar-refractivity contribution >= 4 is 13.8 Å². The third-order valence-corrected chi connectivity index (χ3v) is 11.3. The van der Waals surface area contributed by atoms with Crippen LogP contribution in [-0.2, 0) is 27.9 Å². The summed E-state index contributed by atoms with van der Waals surface area (Å²) in [6, 6.07) is 0. The third kappa shape index (κ3) is 27.8. The number of ether oxygens (including phenoxy) is 2. The van der Waals surface area contributed by atoms with Gasteiger partial charge in [-0.2, -0.15) is 0 Å². The van der Waals surface area contributed by atoms with E-state index < -0.39 is 63.1 Å². The van der Waals surface area contributed by atoms with Crippen LogP contribution in [0.15, 0.2) is 48.8 Å². The van der Waals surface area contributed by atoms with Crippen LogP contribution in [0.25, 0.3) is 0 Å². The number of unbranched alkanes of at least 4 members (excludes halogenated alkanes) is 19. The molecule has 58 heavy (non-hydrogen) atoms. The summed E-state index contributed by atoms with van der Waals surface area (Å²) in [6.07, 6.45) is 31.1. The number of carbonyl (C=O) groups excluding carboxylic acids is 1. The molecule has 0 bridgehead atoms. The van der Waals surface area contributed by atoms with Crippen molar-refractivity contribution in [3.05, 3.63) is 48.8 Å². The van der Waals surface area contributed by atoms with Gasteiger partial charge in [0.05, 0.1) is 12.9 Å². The van der Waals surface area contributed by atoms with Gasteiger partial charge in [0, 0.05) is 6.42 Å². The second kappa shape index (κ2) is 35.9. The summed E-state index contributed by atoms with van der Waals surface area (Å²) >= 11 is 0. The van der Waals surface area contributed by atoms with Gasteiger partial charge in [0.15, 0.2) is 6.10 Å². The highest BCUT2D eigenvalue weighted by molar-refractivity contribution is 7.47. The fourth-order valence-corrected chi connectivity index (χ4v) is 7.59. The van der Waals surface area contributed by atoms with Gasteiger partial charge in [-0.25, -0.2) is 4.57 Å². The number of hydrogen-bond acceptors (Lipinski definition) is 11. The van der Waals surface area contributed by atoms with Crippen LogP contribution in [0.1, 0.15) is 174 Å². The zero-order chi connectivity index (χ0) is 42.7. The van der Waals surface area contributed by atoms with Gasteiger partial charge in [-0.1, -0.05) is 147 Å². The lowest BCUT2D eigenvalue weighted by atomic mass is 9.85. The topological polar surface area (TPSA) is 192 Å². The molecule has 1 aliphatic carbocycles. The van der Waals surface area contributed by atoms with Gasteiger partial charge in [0.2, 0.25) is 0 Å². The molecule has 6 N–H and O–H groups in total. The molecule has 13 heteroatoms. The van der Waals surface area contributed by atoms with Crippen molar-refractivity contribution in [3.63, 3.8) is 0 Å². The Balaban J connectivity index is 2.46. The van der Waals surface area contributed by atoms with Gasteiger partial charge in [-0.3, -0.25) is 13.8 Å². The van der Waals surface area contributed by atoms with Gasteiger partial charge in [0.1, 0.15) is 43.2 Å². The Morgan fingerprint density at radius 3 is 1.50 bits per heavy atom. The fraction of sp³-hybridized carbons (Fsp3) is 0.800. The van der Waals surface area contributed by atoms with Crippen molar-refractivity contribution in [1.82, 2.24) is 0 Å². The molecule has 6 unspecified atom stereocenters. The number of phosphoric ester groups is 1. The lowest BCUT2D eigenvalue weighted by Gasteiger charge is -2.41. The molecule has 0 aromatic carbocycles. The molecule has 0 aromatic rings. The first kappa shape index (κ1) is 54.2. The van der Waals surface area contributed by atoms with Crippen molar-refractivity contribution in [1.29, 1.82) is 0 Å². The Bertz CT molecular complexity index is 1140. The maximum Gasteiger partial charge on any atom is 0.472 e. The molecule has 8 atom stereocenters. The number of phosphoric acid groups is 1. The Labute approximate surface area is 350 Å². The van der Waals surface area contributed by atoms with Gasteiger partial charge in [0.25, 0.3) is 0 Å². The van der Waals surface area contributed by atoms with Gasteiger partial charge in [-0.05, 0) is 63.9 Å². The SMILES string of the molecule is CCCCC/C=C\C/C=C\C/C=C\CCCCCCC(=O)O[C@H](CO/C=C\CCCCCCCCCCCCCC)COP(=O)(O)OC1C(O)C(O)C(O)[C@@H](O)C1O. The molecule has 0 aromatic heterocycles. The molecule has 0 amide bonds. The van der Waals surface area contributed by atoms with Crippen molar-refractivity contribution < 1.29 is 58.3 Å². The Hall–Kier alpha value is -1.86. The summed E-state index contributed by atoms with van der Waals surface area (Å²) in [7, 11) is -5.04. The quantitative estimate of drug-likeness (QED) is 0.0114. The van der Waals surface area contributed by atoms with E-state index in [1.54, 1.807) is 0 Å². The van der Waals surface area contributed by atoms with Crippen molar-refractivity contribution in [2.75, 3.05) is 13.2 Å². The van der Waals surface area contributed by atoms with Gasteiger partial charge >= 0.3 is 13.8 Å². The maximum atomic E-state index is 12.8. The summed E-state index contributed by atoms with van der Waals surface area (Å²) < 4.78 is 33.9. The summed E-state index contributed by atoms with van der Waals surface area (Å²) in [5, 5.41) is 50.1. The first-order chi connectivity index (χ1) is 28.0. The van der Waals surface area contributed by atoms with Crippen LogP contribution in [0.4, 0.5) is 0 Å². The van der Waals surface area contributed by atoms with E-state index in [1.165, 1.54) is 89.7 Å². The maximum absolute atomic E-state index is 12.8. The van der Waals surface area contributed by atoms with E-state index in [4.69, 9.17) is 18.5 Å². The summed E-state index contributed by atoms with van der Waals surface area (Å²) in [5.41, 5.74) is 0. The third-order valence-electron chi connectivity index (χ3n) is 10.3. The zero-order valence-corrected chi connectivity index (χ0v) is 36.7. The Kier molecular flexibility index (Phi) is 33.5. The number of rotatable bonds is 37. The molecule has 0 saturated heterocycles. The largest absolute Gasteiger partial charge is 0.498 e. The van der Waals surface area contributed by atoms with Crippen molar-refractivity contribution in [3.8, 4) is 0 Å². The van der Waals surface area contributed by atoms with Crippen molar-refractivity contribution in [2.45, 2.75) is 217 Å². The van der Waals surface area contributed by atoms with E-state index in [0.717, 1.165) is 64.2 Å². The van der Waals surface area contributed by atoms with Crippen LogP contribution in [0.5, 0.6) is 0 Å². The van der Waals surface area contributed by atoms with Crippen LogP contribution >= 0.6 is 7.82 Å². The number of aliphatic hydroxyl groups excluding tert-OH is 5. The number of hydrogen-bond donors (Lipinski definition) is 6. The molecular formula is C45H81O12P. The molecule has 1 fully saturated rings. The van der Waals surface area contributed by atoms with Crippen molar-refractivity contribution in [2.24, 2.45) is 0 Å². The molecular weight excluding hydrogens is 763 g/mol. The minimum atomic E-state index is -5.04. The van der Waals surface area contributed by atoms with E-state index in [9.17, 15) is 39.8 Å². The van der Waals surface area contributed by atoms with E-state index >= 15 is 0 Å². The Morgan fingerprint density at radius 2 is 0.966 bits per heavy atom. The average molecular weight is 845 g/mol. The van der Waals surface area contributed by atoms with E-state index in [1.807, 2.05) is 6.08 Å². The molecule has 1 aliphatic rings. The molecule has 1 saturated carbocycles. The highest BCUT2D eigenvalue weighted by Crippen LogP contribution is 2.47. The number of esters is 1. The number of allylic oxidation sites excluding steroid dienone is 7. The van der Waals surface area contributed by atoms with Crippen LogP contribution in [0, 0.1) is 0 Å². The smallest absolute Gasteiger partial charge is 0.472 e. The molecule has 12 nitrogen and oxygen atoms in total. The fourth-order valence-electron chi connectivity index (χ4n) is 6.62. The standard InChI is InChI=1S/C45H81O12P/c1-3-5-7-9-11-13-15-17-19-20-21-22-24-26-28-30-32-34-39(46)56-38(36-54-35-33-31-29-27-25-23-18-16-14-12-10-8-6-4-2)37-55-58(52,53)57-45-43(50)41(48)40(47)42(49)44(45)51/h11,13,17,19,21-22,33,35,38,40-45,47-51H,3-10,12,14-16,18,20,23-32,34,36-37H2,1-2H3,(H,52,53)/b13-11-,19-17-,22-21-,35-33-/t38-,40?,41-,42?,43?,44?,45?/m1/s1. The zero-order valence-electron chi connectivity index (χ0n) is 35.8. The second-order valence-electron chi connectivity index (χ2n) is 15.6. The van der Waals surface area contributed by atoms with Crippen LogP contribution < -0.4 is 0 Å². The molecule has 338 valence electrons. The monoisotopic (exact) mass is 845 g/mol. The normalized spacial score (nSPS) is 23.0. The molecule has 0 spiro atoms. The highest BCUT2D eigenvalue weighted by atomic mass is 31.2. The lowest BCUT2D eigenvalue weighted by Crippen LogP contribution is -2.64. The van der Waals surface area contributed by atoms with E-state index in [2.05, 4.69) is 50.3 Å². The number of carbonyl (C=O) groups is 1. The minimum Gasteiger partial charge on any atom is -0.498 e. The highest BCUT2D eigenvalue weighted by Gasteiger charge is 2.51. The predicted molar refractivity (Wildman–Crippen MR) is 230 cm³/mol. The first-order valence-electron chi connectivity index (χ1n) is 22.5. The molecule has 0 radical (unpaired) electrons. The molecule has 0 heterocycles. The minimum absolute atomic E-state index is 0.144. The predicted octanol–water partition coefficient (Wildman–Crippen LogP) is 9.21. The lowest BCUT2D eigenvalue weighted by molar-refractivity contribution is -0.220. The average Bonchev–Trinajstić information content (AvgIpc) is 3.21. The van der Waals surface area contributed by atoms with Gasteiger partial charge < -0.3 is 39.9 Å². The first-order valence-corrected chi connectivity index (χ1v) is 24.0. The van der Waals surface area contributed by atoms with Gasteiger partial charge in [-0.15, -0.1) is 0 Å². The number of aliphatic hydroxyl groups is 5. The second-order valence-corrected chi connectivity index (χ2v) is 17.0. The van der Waals surface area contributed by atoms with Crippen LogP contribution in [-0.4, -0.2) is 92.3 Å². The van der Waals surface area contributed by atoms with Crippen LogP contribution in [0.2, 0.25) is 0 Å². The summed E-state index contributed by atoms with van der Waals surface area (Å²) in [4.78, 5) is 23.1. The molecule has 1 rings (SSSR count). The molecule has 0 aliphatic heterocycles. The summed E-state index contributed by atoms with van der Waals surface area (Å²) in [5.74, 6) is -0.521. The van der Waals surface area contributed by atoms with E-state index in [-0.39, 0.29) is 13.0 Å². The van der Waals surface area contributed by atoms with Crippen LogP contribution in [0.3, 0.4) is 0 Å².